The van der Waals surface area contributed by atoms with E-state index in [9.17, 15) is 4.79 Å². The molecule has 1 aliphatic rings. The molecule has 0 aromatic carbocycles. The maximum Gasteiger partial charge on any atom is 0.240 e. The molecule has 1 aromatic heterocycles. The van der Waals surface area contributed by atoms with Gasteiger partial charge in [0.1, 0.15) is 5.54 Å². The highest BCUT2D eigenvalue weighted by molar-refractivity contribution is 5.79. The molecule has 1 fully saturated rings. The van der Waals surface area contributed by atoms with Gasteiger partial charge in [-0.1, -0.05) is 31.8 Å². The number of rotatable bonds is 8. The monoisotopic (exact) mass is 309 g/mol. The summed E-state index contributed by atoms with van der Waals surface area (Å²) in [4.78, 5) is 18.8. The van der Waals surface area contributed by atoms with E-state index >= 15 is 0 Å². The fraction of sp³-hybridized carbons (Fsp3) is 0.800. The van der Waals surface area contributed by atoms with Gasteiger partial charge in [0.05, 0.1) is 13.1 Å². The maximum atomic E-state index is 12.0. The van der Waals surface area contributed by atoms with Crippen molar-refractivity contribution in [1.82, 2.24) is 25.7 Å². The van der Waals surface area contributed by atoms with Gasteiger partial charge < -0.3 is 15.2 Å². The Morgan fingerprint density at radius 2 is 2.00 bits per heavy atom. The number of carbonyl (C=O) groups is 1. The number of amides is 1. The first-order chi connectivity index (χ1) is 10.6. The minimum absolute atomic E-state index is 0.0282. The summed E-state index contributed by atoms with van der Waals surface area (Å²) in [6, 6.07) is 0. The second-order valence-corrected chi connectivity index (χ2v) is 5.84. The lowest BCUT2D eigenvalue weighted by molar-refractivity contribution is -0.122. The smallest absolute Gasteiger partial charge is 0.240 e. The molecule has 1 heterocycles. The van der Waals surface area contributed by atoms with Gasteiger partial charge in [-0.05, 0) is 33.0 Å². The van der Waals surface area contributed by atoms with Crippen LogP contribution in [0.25, 0.3) is 0 Å². The molecule has 0 radical (unpaired) electrons. The minimum atomic E-state index is -0.459. The van der Waals surface area contributed by atoms with Crippen molar-refractivity contribution in [3.63, 3.8) is 0 Å². The van der Waals surface area contributed by atoms with Crippen molar-refractivity contribution >= 4 is 5.91 Å². The summed E-state index contributed by atoms with van der Waals surface area (Å²) >= 11 is 0. The predicted molar refractivity (Wildman–Crippen MR) is 83.1 cm³/mol. The fourth-order valence-corrected chi connectivity index (χ4v) is 3.01. The van der Waals surface area contributed by atoms with Crippen molar-refractivity contribution in [1.29, 1.82) is 0 Å². The Kier molecular flexibility index (Phi) is 5.90. The molecule has 0 bridgehead atoms. The molecule has 1 amide bonds. The lowest BCUT2D eigenvalue weighted by atomic mass is 9.96. The Morgan fingerprint density at radius 3 is 2.59 bits per heavy atom. The number of nitrogens with zero attached hydrogens (tertiary/aromatic N) is 3. The second kappa shape index (κ2) is 7.69. The van der Waals surface area contributed by atoms with Crippen LogP contribution in [-0.2, 0) is 16.9 Å². The molecule has 2 rings (SSSR count). The summed E-state index contributed by atoms with van der Waals surface area (Å²) in [5.41, 5.74) is -0.459. The van der Waals surface area contributed by atoms with Gasteiger partial charge in [0.2, 0.25) is 11.8 Å². The second-order valence-electron chi connectivity index (χ2n) is 5.84. The van der Waals surface area contributed by atoms with Crippen LogP contribution in [0.3, 0.4) is 0 Å². The zero-order valence-corrected chi connectivity index (χ0v) is 13.8. The van der Waals surface area contributed by atoms with Crippen LogP contribution in [0.2, 0.25) is 0 Å². The predicted octanol–water partition coefficient (Wildman–Crippen LogP) is 1.02. The largest absolute Gasteiger partial charge is 0.342 e. The summed E-state index contributed by atoms with van der Waals surface area (Å²) in [5, 5.41) is 10.1. The number of carbonyl (C=O) groups excluding carboxylic acids is 1. The van der Waals surface area contributed by atoms with Gasteiger partial charge in [0, 0.05) is 0 Å². The van der Waals surface area contributed by atoms with Crippen LogP contribution in [0.4, 0.5) is 0 Å². The van der Waals surface area contributed by atoms with Gasteiger partial charge in [0.25, 0.3) is 0 Å². The molecule has 1 aromatic rings. The number of hydrogen-bond acceptors (Lipinski definition) is 6. The highest BCUT2D eigenvalue weighted by Gasteiger charge is 2.41. The number of likely N-dealkylation sites (N-methyl/N-ethyl adjacent to an activating group) is 1. The molecule has 0 saturated heterocycles. The van der Waals surface area contributed by atoms with E-state index < -0.39 is 5.54 Å². The fourth-order valence-electron chi connectivity index (χ4n) is 3.01. The lowest BCUT2D eigenvalue weighted by Gasteiger charge is -2.26. The molecule has 0 spiro atoms. The Balaban J connectivity index is 2.12. The molecular weight excluding hydrogens is 282 g/mol. The SMILES string of the molecule is CCN(CC)Cc1nc(C2(NC(=O)CNC)CCCC2)no1. The molecule has 7 heteroatoms. The molecule has 0 unspecified atom stereocenters. The van der Waals surface area contributed by atoms with E-state index in [1.165, 1.54) is 0 Å². The Labute approximate surface area is 131 Å². The normalized spacial score (nSPS) is 17.1. The number of nitrogens with one attached hydrogen (secondary N) is 2. The van der Waals surface area contributed by atoms with Crippen molar-refractivity contribution in [2.24, 2.45) is 0 Å². The first kappa shape index (κ1) is 16.9. The van der Waals surface area contributed by atoms with Crippen molar-refractivity contribution in [3.05, 3.63) is 11.7 Å². The molecule has 1 saturated carbocycles. The van der Waals surface area contributed by atoms with E-state index in [1.807, 2.05) is 0 Å². The molecule has 22 heavy (non-hydrogen) atoms. The Morgan fingerprint density at radius 1 is 1.32 bits per heavy atom. The van der Waals surface area contributed by atoms with Crippen LogP contribution < -0.4 is 10.6 Å². The molecule has 1 aliphatic carbocycles. The summed E-state index contributed by atoms with van der Waals surface area (Å²) in [5.74, 6) is 1.21. The van der Waals surface area contributed by atoms with Crippen LogP contribution in [0.15, 0.2) is 4.52 Å². The minimum Gasteiger partial charge on any atom is -0.342 e. The van der Waals surface area contributed by atoms with E-state index in [4.69, 9.17) is 4.52 Å². The van der Waals surface area contributed by atoms with Crippen LogP contribution in [0, 0.1) is 0 Å². The third-order valence-electron chi connectivity index (χ3n) is 4.32. The van der Waals surface area contributed by atoms with Gasteiger partial charge in [-0.2, -0.15) is 4.98 Å². The molecular formula is C15H27N5O2. The van der Waals surface area contributed by atoms with Crippen molar-refractivity contribution in [2.75, 3.05) is 26.7 Å². The molecule has 0 atom stereocenters. The third-order valence-corrected chi connectivity index (χ3v) is 4.32. The first-order valence-electron chi connectivity index (χ1n) is 8.14. The summed E-state index contributed by atoms with van der Waals surface area (Å²) < 4.78 is 5.41. The van der Waals surface area contributed by atoms with Crippen molar-refractivity contribution in [2.45, 2.75) is 51.6 Å². The average Bonchev–Trinajstić information content (AvgIpc) is 3.15. The summed E-state index contributed by atoms with van der Waals surface area (Å²) in [6.45, 7) is 7.05. The van der Waals surface area contributed by atoms with Gasteiger partial charge in [-0.3, -0.25) is 9.69 Å². The first-order valence-corrected chi connectivity index (χ1v) is 8.14. The Hall–Kier alpha value is -1.47. The van der Waals surface area contributed by atoms with Crippen molar-refractivity contribution < 1.29 is 9.32 Å². The molecule has 124 valence electrons. The summed E-state index contributed by atoms with van der Waals surface area (Å²) in [7, 11) is 1.76. The van der Waals surface area contributed by atoms with Gasteiger partial charge >= 0.3 is 0 Å². The standard InChI is InChI=1S/C15H27N5O2/c1-4-20(5-2)11-13-17-14(19-22-13)15(8-6-7-9-15)18-12(21)10-16-3/h16H,4-11H2,1-3H3,(H,18,21). The highest BCUT2D eigenvalue weighted by atomic mass is 16.5. The van der Waals surface area contributed by atoms with E-state index in [1.54, 1.807) is 7.05 Å². The quantitative estimate of drug-likeness (QED) is 0.746. The Bertz CT molecular complexity index is 478. The van der Waals surface area contributed by atoms with E-state index in [-0.39, 0.29) is 5.91 Å². The molecule has 7 nitrogen and oxygen atoms in total. The average molecular weight is 309 g/mol. The maximum absolute atomic E-state index is 12.0. The van der Waals surface area contributed by atoms with Crippen LogP contribution >= 0.6 is 0 Å². The van der Waals surface area contributed by atoms with Crippen LogP contribution in [-0.4, -0.2) is 47.6 Å². The third kappa shape index (κ3) is 3.84. The number of aromatic nitrogens is 2. The molecule has 2 N–H and O–H groups in total. The van der Waals surface area contributed by atoms with Gasteiger partial charge in [0.15, 0.2) is 5.82 Å². The zero-order chi connectivity index (χ0) is 16.0. The van der Waals surface area contributed by atoms with Crippen LogP contribution in [0.5, 0.6) is 0 Å². The van der Waals surface area contributed by atoms with E-state index in [0.717, 1.165) is 38.8 Å². The van der Waals surface area contributed by atoms with Gasteiger partial charge in [-0.15, -0.1) is 0 Å². The van der Waals surface area contributed by atoms with E-state index in [2.05, 4.69) is 39.5 Å². The summed E-state index contributed by atoms with van der Waals surface area (Å²) in [6.07, 6.45) is 3.87. The van der Waals surface area contributed by atoms with E-state index in [0.29, 0.717) is 24.8 Å². The van der Waals surface area contributed by atoms with Crippen LogP contribution in [0.1, 0.15) is 51.2 Å². The topological polar surface area (TPSA) is 83.3 Å². The van der Waals surface area contributed by atoms with Gasteiger partial charge in [-0.25, -0.2) is 0 Å². The molecule has 0 aliphatic heterocycles. The zero-order valence-electron chi connectivity index (χ0n) is 13.8. The highest BCUT2D eigenvalue weighted by Crippen LogP contribution is 2.37. The number of hydrogen-bond donors (Lipinski definition) is 2. The lowest BCUT2D eigenvalue weighted by Crippen LogP contribution is -2.47. The van der Waals surface area contributed by atoms with Crippen molar-refractivity contribution in [3.8, 4) is 0 Å².